The minimum Gasteiger partial charge on any atom is -0.318 e. The molecule has 3 aromatic rings. The molecule has 3 rings (SSSR count). The van der Waals surface area contributed by atoms with Crippen LogP contribution in [0.5, 0.6) is 0 Å². The number of hydrogen-bond acceptors (Lipinski definition) is 1. The van der Waals surface area contributed by atoms with E-state index in [0.29, 0.717) is 0 Å². The molecule has 0 aliphatic carbocycles. The zero-order valence-corrected chi connectivity index (χ0v) is 14.2. The molecule has 0 atom stereocenters. The summed E-state index contributed by atoms with van der Waals surface area (Å²) in [6.07, 6.45) is 1.97. The first-order valence-corrected chi connectivity index (χ1v) is 7.92. The van der Waals surface area contributed by atoms with Crippen LogP contribution in [0.4, 0.5) is 5.69 Å². The summed E-state index contributed by atoms with van der Waals surface area (Å²) in [6.45, 7) is 8.48. The van der Waals surface area contributed by atoms with E-state index < -0.39 is 0 Å². The van der Waals surface area contributed by atoms with Crippen LogP contribution < -0.4 is 0 Å². The Morgan fingerprint density at radius 2 is 1.57 bits per heavy atom. The second-order valence-electron chi connectivity index (χ2n) is 6.04. The minimum atomic E-state index is 1.02. The van der Waals surface area contributed by atoms with Gasteiger partial charge in [0.25, 0.3) is 0 Å². The van der Waals surface area contributed by atoms with E-state index >= 15 is 0 Å². The lowest BCUT2D eigenvalue weighted by atomic mass is 10.2. The van der Waals surface area contributed by atoms with E-state index in [-0.39, 0.29) is 0 Å². The van der Waals surface area contributed by atoms with Crippen molar-refractivity contribution >= 4 is 11.9 Å². The minimum absolute atomic E-state index is 1.02. The molecule has 1 heterocycles. The highest BCUT2D eigenvalue weighted by Gasteiger charge is 2.09. The van der Waals surface area contributed by atoms with Crippen molar-refractivity contribution in [2.24, 2.45) is 4.99 Å². The Labute approximate surface area is 138 Å². The number of para-hydroxylation sites is 1. The SMILES string of the molecule is Cc1ccc(-n2c(C)cc(C=Nc3ccccc3C)c2C)cc1. The van der Waals surface area contributed by atoms with Gasteiger partial charge in [0.1, 0.15) is 0 Å². The molecule has 2 heteroatoms. The van der Waals surface area contributed by atoms with Crippen LogP contribution >= 0.6 is 0 Å². The molecule has 0 fully saturated rings. The lowest BCUT2D eigenvalue weighted by molar-refractivity contribution is 0.964. The van der Waals surface area contributed by atoms with Crippen LogP contribution in [0, 0.1) is 27.7 Å². The largest absolute Gasteiger partial charge is 0.318 e. The zero-order chi connectivity index (χ0) is 16.4. The number of aryl methyl sites for hydroxylation is 3. The topological polar surface area (TPSA) is 17.3 Å². The first-order valence-electron chi connectivity index (χ1n) is 7.92. The summed E-state index contributed by atoms with van der Waals surface area (Å²) in [5, 5.41) is 0. The number of aromatic nitrogens is 1. The van der Waals surface area contributed by atoms with Crippen LogP contribution in [0.3, 0.4) is 0 Å². The zero-order valence-electron chi connectivity index (χ0n) is 14.2. The number of rotatable bonds is 3. The molecular weight excluding hydrogens is 280 g/mol. The Morgan fingerprint density at radius 1 is 0.870 bits per heavy atom. The summed E-state index contributed by atoms with van der Waals surface area (Å²) in [6, 6.07) is 19.0. The molecule has 0 radical (unpaired) electrons. The van der Waals surface area contributed by atoms with Crippen LogP contribution in [-0.4, -0.2) is 10.8 Å². The van der Waals surface area contributed by atoms with Crippen molar-refractivity contribution in [3.8, 4) is 5.69 Å². The Kier molecular flexibility index (Phi) is 4.16. The molecule has 0 unspecified atom stereocenters. The van der Waals surface area contributed by atoms with Crippen molar-refractivity contribution < 1.29 is 0 Å². The lowest BCUT2D eigenvalue weighted by Gasteiger charge is -2.09. The molecule has 0 saturated heterocycles. The Hall–Kier alpha value is -2.61. The van der Waals surface area contributed by atoms with Crippen molar-refractivity contribution in [3.05, 3.63) is 82.7 Å². The highest BCUT2D eigenvalue weighted by molar-refractivity contribution is 5.84. The predicted molar refractivity (Wildman–Crippen MR) is 98.4 cm³/mol. The summed E-state index contributed by atoms with van der Waals surface area (Å²) in [5.41, 5.74) is 8.27. The summed E-state index contributed by atoms with van der Waals surface area (Å²) in [4.78, 5) is 4.66. The Morgan fingerprint density at radius 3 is 2.26 bits per heavy atom. The van der Waals surface area contributed by atoms with E-state index in [1.807, 2.05) is 24.4 Å². The normalized spacial score (nSPS) is 11.3. The number of hydrogen-bond donors (Lipinski definition) is 0. The Bertz CT molecular complexity index is 852. The van der Waals surface area contributed by atoms with Gasteiger partial charge in [-0.15, -0.1) is 0 Å². The average Bonchev–Trinajstić information content (AvgIpc) is 2.82. The fraction of sp³-hybridized carbons (Fsp3) is 0.190. The van der Waals surface area contributed by atoms with Gasteiger partial charge in [-0.3, -0.25) is 4.99 Å². The maximum absolute atomic E-state index is 4.66. The molecule has 0 aliphatic rings. The monoisotopic (exact) mass is 302 g/mol. The fourth-order valence-electron chi connectivity index (χ4n) is 2.86. The first kappa shape index (κ1) is 15.3. The van der Waals surface area contributed by atoms with Crippen molar-refractivity contribution in [2.75, 3.05) is 0 Å². The standard InChI is InChI=1S/C21H22N2/c1-15-9-11-20(12-10-15)23-17(3)13-19(18(23)4)14-22-21-8-6-5-7-16(21)2/h5-14H,1-4H3. The van der Waals surface area contributed by atoms with Crippen LogP contribution in [0.25, 0.3) is 5.69 Å². The van der Waals surface area contributed by atoms with E-state index in [4.69, 9.17) is 0 Å². The molecular formula is C21H22N2. The van der Waals surface area contributed by atoms with E-state index in [1.165, 1.54) is 28.2 Å². The Balaban J connectivity index is 1.98. The number of nitrogens with zero attached hydrogens (tertiary/aromatic N) is 2. The molecule has 0 amide bonds. The van der Waals surface area contributed by atoms with E-state index in [0.717, 1.165) is 11.3 Å². The van der Waals surface area contributed by atoms with Gasteiger partial charge in [-0.2, -0.15) is 0 Å². The molecule has 0 spiro atoms. The molecule has 0 bridgehead atoms. The third kappa shape index (κ3) is 3.11. The van der Waals surface area contributed by atoms with Crippen LogP contribution in [-0.2, 0) is 0 Å². The predicted octanol–water partition coefficient (Wildman–Crippen LogP) is 5.46. The molecule has 116 valence electrons. The van der Waals surface area contributed by atoms with Gasteiger partial charge < -0.3 is 4.57 Å². The third-order valence-corrected chi connectivity index (χ3v) is 4.22. The second kappa shape index (κ2) is 6.25. The van der Waals surface area contributed by atoms with Crippen LogP contribution in [0.15, 0.2) is 59.6 Å². The van der Waals surface area contributed by atoms with E-state index in [2.05, 4.69) is 73.7 Å². The number of benzene rings is 2. The quantitative estimate of drug-likeness (QED) is 0.571. The van der Waals surface area contributed by atoms with Gasteiger partial charge in [0.05, 0.1) is 5.69 Å². The van der Waals surface area contributed by atoms with Crippen LogP contribution in [0.2, 0.25) is 0 Å². The van der Waals surface area contributed by atoms with Gasteiger partial charge in [-0.05, 0) is 57.5 Å². The summed E-state index contributed by atoms with van der Waals surface area (Å²) < 4.78 is 2.28. The molecule has 0 N–H and O–H groups in total. The molecule has 2 aromatic carbocycles. The van der Waals surface area contributed by atoms with E-state index in [1.54, 1.807) is 0 Å². The van der Waals surface area contributed by atoms with Gasteiger partial charge in [0, 0.05) is 28.9 Å². The molecule has 0 aliphatic heterocycles. The molecule has 0 saturated carbocycles. The second-order valence-corrected chi connectivity index (χ2v) is 6.04. The van der Waals surface area contributed by atoms with Crippen molar-refractivity contribution in [1.29, 1.82) is 0 Å². The van der Waals surface area contributed by atoms with Gasteiger partial charge in [-0.25, -0.2) is 0 Å². The highest BCUT2D eigenvalue weighted by Crippen LogP contribution is 2.22. The third-order valence-electron chi connectivity index (χ3n) is 4.22. The maximum Gasteiger partial charge on any atom is 0.0659 e. The van der Waals surface area contributed by atoms with Crippen molar-refractivity contribution in [3.63, 3.8) is 0 Å². The smallest absolute Gasteiger partial charge is 0.0659 e. The lowest BCUT2D eigenvalue weighted by Crippen LogP contribution is -1.99. The first-order chi connectivity index (χ1) is 11.1. The van der Waals surface area contributed by atoms with Crippen molar-refractivity contribution in [2.45, 2.75) is 27.7 Å². The maximum atomic E-state index is 4.66. The molecule has 2 nitrogen and oxygen atoms in total. The molecule has 1 aromatic heterocycles. The summed E-state index contributed by atoms with van der Waals surface area (Å²) >= 11 is 0. The van der Waals surface area contributed by atoms with Gasteiger partial charge in [0.15, 0.2) is 0 Å². The van der Waals surface area contributed by atoms with Crippen LogP contribution in [0.1, 0.15) is 28.1 Å². The van der Waals surface area contributed by atoms with Gasteiger partial charge >= 0.3 is 0 Å². The highest BCUT2D eigenvalue weighted by atomic mass is 15.0. The molecule has 23 heavy (non-hydrogen) atoms. The summed E-state index contributed by atoms with van der Waals surface area (Å²) in [7, 11) is 0. The number of aliphatic imine (C=N–C) groups is 1. The van der Waals surface area contributed by atoms with Crippen molar-refractivity contribution in [1.82, 2.24) is 4.57 Å². The average molecular weight is 302 g/mol. The van der Waals surface area contributed by atoms with Gasteiger partial charge in [0.2, 0.25) is 0 Å². The fourth-order valence-corrected chi connectivity index (χ4v) is 2.86. The van der Waals surface area contributed by atoms with E-state index in [9.17, 15) is 0 Å². The summed E-state index contributed by atoms with van der Waals surface area (Å²) in [5.74, 6) is 0. The van der Waals surface area contributed by atoms with Gasteiger partial charge in [-0.1, -0.05) is 35.9 Å².